The Hall–Kier alpha value is -3.34. The van der Waals surface area contributed by atoms with Crippen molar-refractivity contribution in [3.63, 3.8) is 0 Å². The maximum Gasteiger partial charge on any atom is 0.274 e. The van der Waals surface area contributed by atoms with Gasteiger partial charge in [0.2, 0.25) is 0 Å². The molecule has 1 amide bonds. The van der Waals surface area contributed by atoms with Crippen LogP contribution in [0.5, 0.6) is 0 Å². The van der Waals surface area contributed by atoms with E-state index in [9.17, 15) is 4.79 Å². The lowest BCUT2D eigenvalue weighted by Crippen LogP contribution is -2.46. The molecule has 1 N–H and O–H groups in total. The van der Waals surface area contributed by atoms with Crippen LogP contribution >= 0.6 is 0 Å². The van der Waals surface area contributed by atoms with Gasteiger partial charge >= 0.3 is 0 Å². The largest absolute Gasteiger partial charge is 0.368 e. The molecule has 1 fully saturated rings. The Morgan fingerprint density at radius 3 is 2.07 bits per heavy atom. The normalized spacial score (nSPS) is 14.0. The highest BCUT2D eigenvalue weighted by Gasteiger charge is 2.18. The van der Waals surface area contributed by atoms with E-state index in [0.29, 0.717) is 5.69 Å². The molecule has 0 saturated carbocycles. The molecule has 0 radical (unpaired) electrons. The van der Waals surface area contributed by atoms with Crippen LogP contribution in [0.3, 0.4) is 0 Å². The molecule has 1 aromatic heterocycles. The molecule has 0 bridgehead atoms. The van der Waals surface area contributed by atoms with Crippen LogP contribution in [0.15, 0.2) is 72.9 Å². The quantitative estimate of drug-likeness (QED) is 0.753. The van der Waals surface area contributed by atoms with Crippen molar-refractivity contribution in [3.8, 4) is 0 Å². The SMILES string of the molecule is Cc1ccc(NC(=O)c2ccc(N3CCN(c4ccccc4)CC3)cn2)cc1. The molecule has 3 aromatic rings. The lowest BCUT2D eigenvalue weighted by Gasteiger charge is -2.37. The number of hydrogen-bond acceptors (Lipinski definition) is 4. The number of aryl methyl sites for hydroxylation is 1. The summed E-state index contributed by atoms with van der Waals surface area (Å²) in [7, 11) is 0. The number of para-hydroxylation sites is 1. The molecule has 1 aliphatic rings. The Balaban J connectivity index is 1.36. The topological polar surface area (TPSA) is 48.5 Å². The van der Waals surface area contributed by atoms with E-state index < -0.39 is 0 Å². The number of aromatic nitrogens is 1. The predicted molar refractivity (Wildman–Crippen MR) is 114 cm³/mol. The zero-order valence-corrected chi connectivity index (χ0v) is 16.0. The standard InChI is InChI=1S/C23H24N4O/c1-18-7-9-19(10-8-18)25-23(28)22-12-11-21(17-24-22)27-15-13-26(14-16-27)20-5-3-2-4-6-20/h2-12,17H,13-16H2,1H3,(H,25,28). The minimum atomic E-state index is -0.190. The van der Waals surface area contributed by atoms with Crippen LogP contribution < -0.4 is 15.1 Å². The number of rotatable bonds is 4. The number of anilines is 3. The van der Waals surface area contributed by atoms with Gasteiger partial charge in [0.1, 0.15) is 5.69 Å². The van der Waals surface area contributed by atoms with Crippen LogP contribution in [-0.4, -0.2) is 37.1 Å². The van der Waals surface area contributed by atoms with Crippen LogP contribution in [0.2, 0.25) is 0 Å². The van der Waals surface area contributed by atoms with Crippen LogP contribution in [0.25, 0.3) is 0 Å². The van der Waals surface area contributed by atoms with Crippen molar-refractivity contribution in [2.75, 3.05) is 41.3 Å². The number of hydrogen-bond donors (Lipinski definition) is 1. The fourth-order valence-corrected chi connectivity index (χ4v) is 3.40. The summed E-state index contributed by atoms with van der Waals surface area (Å²) in [6, 6.07) is 22.0. The first-order valence-corrected chi connectivity index (χ1v) is 9.58. The van der Waals surface area contributed by atoms with Crippen molar-refractivity contribution < 1.29 is 4.79 Å². The second-order valence-corrected chi connectivity index (χ2v) is 7.03. The molecule has 1 saturated heterocycles. The van der Waals surface area contributed by atoms with Gasteiger partial charge in [-0.3, -0.25) is 4.79 Å². The summed E-state index contributed by atoms with van der Waals surface area (Å²) in [5.74, 6) is -0.190. The summed E-state index contributed by atoms with van der Waals surface area (Å²) >= 11 is 0. The second kappa shape index (κ2) is 8.13. The van der Waals surface area contributed by atoms with Crippen molar-refractivity contribution in [1.82, 2.24) is 4.98 Å². The van der Waals surface area contributed by atoms with Gasteiger partial charge in [-0.1, -0.05) is 35.9 Å². The monoisotopic (exact) mass is 372 g/mol. The molecule has 4 rings (SSSR count). The summed E-state index contributed by atoms with van der Waals surface area (Å²) in [6.45, 7) is 5.84. The van der Waals surface area contributed by atoms with Gasteiger partial charge in [0, 0.05) is 37.6 Å². The Morgan fingerprint density at radius 2 is 1.46 bits per heavy atom. The van der Waals surface area contributed by atoms with Crippen molar-refractivity contribution in [3.05, 3.63) is 84.2 Å². The highest BCUT2D eigenvalue weighted by molar-refractivity contribution is 6.02. The summed E-state index contributed by atoms with van der Waals surface area (Å²) in [5.41, 5.74) is 4.68. The zero-order chi connectivity index (χ0) is 19.3. The van der Waals surface area contributed by atoms with Crippen LogP contribution in [0.4, 0.5) is 17.1 Å². The van der Waals surface area contributed by atoms with E-state index in [1.54, 1.807) is 12.3 Å². The maximum absolute atomic E-state index is 12.4. The number of benzene rings is 2. The number of amides is 1. The number of nitrogens with zero attached hydrogens (tertiary/aromatic N) is 3. The Morgan fingerprint density at radius 1 is 0.821 bits per heavy atom. The minimum absolute atomic E-state index is 0.190. The minimum Gasteiger partial charge on any atom is -0.368 e. The number of carbonyl (C=O) groups is 1. The summed E-state index contributed by atoms with van der Waals surface area (Å²) in [4.78, 5) is 21.5. The van der Waals surface area contributed by atoms with Crippen molar-refractivity contribution in [1.29, 1.82) is 0 Å². The third-order valence-corrected chi connectivity index (χ3v) is 5.06. The van der Waals surface area contributed by atoms with E-state index in [1.807, 2.05) is 43.3 Å². The third-order valence-electron chi connectivity index (χ3n) is 5.06. The van der Waals surface area contributed by atoms with E-state index in [4.69, 9.17) is 0 Å². The summed E-state index contributed by atoms with van der Waals surface area (Å²) in [5, 5.41) is 2.89. The smallest absolute Gasteiger partial charge is 0.274 e. The molecule has 5 nitrogen and oxygen atoms in total. The second-order valence-electron chi connectivity index (χ2n) is 7.03. The van der Waals surface area contributed by atoms with Gasteiger partial charge in [0.25, 0.3) is 5.91 Å². The highest BCUT2D eigenvalue weighted by atomic mass is 16.1. The molecular weight excluding hydrogens is 348 g/mol. The Labute approximate surface area is 165 Å². The van der Waals surface area contributed by atoms with Crippen LogP contribution in [0.1, 0.15) is 16.1 Å². The van der Waals surface area contributed by atoms with Crippen molar-refractivity contribution in [2.45, 2.75) is 6.92 Å². The number of carbonyl (C=O) groups excluding carboxylic acids is 1. The van der Waals surface area contributed by atoms with E-state index >= 15 is 0 Å². The van der Waals surface area contributed by atoms with Crippen LogP contribution in [-0.2, 0) is 0 Å². The zero-order valence-electron chi connectivity index (χ0n) is 16.0. The molecule has 0 unspecified atom stereocenters. The molecule has 2 heterocycles. The molecule has 0 spiro atoms. The molecule has 0 atom stereocenters. The molecule has 28 heavy (non-hydrogen) atoms. The Bertz CT molecular complexity index is 915. The molecule has 2 aromatic carbocycles. The number of piperazine rings is 1. The summed E-state index contributed by atoms with van der Waals surface area (Å²) < 4.78 is 0. The number of pyridine rings is 1. The van der Waals surface area contributed by atoms with E-state index in [-0.39, 0.29) is 5.91 Å². The van der Waals surface area contributed by atoms with Gasteiger partial charge in [-0.15, -0.1) is 0 Å². The molecule has 142 valence electrons. The van der Waals surface area contributed by atoms with Crippen molar-refractivity contribution >= 4 is 23.0 Å². The molecular formula is C23H24N4O. The third kappa shape index (κ3) is 4.14. The highest BCUT2D eigenvalue weighted by Crippen LogP contribution is 2.20. The Kier molecular flexibility index (Phi) is 5.24. The van der Waals surface area contributed by atoms with Crippen LogP contribution in [0, 0.1) is 6.92 Å². The van der Waals surface area contributed by atoms with Crippen molar-refractivity contribution in [2.24, 2.45) is 0 Å². The van der Waals surface area contributed by atoms with Gasteiger partial charge in [0.15, 0.2) is 0 Å². The van der Waals surface area contributed by atoms with E-state index in [0.717, 1.165) is 43.1 Å². The number of nitrogens with one attached hydrogen (secondary N) is 1. The first-order valence-electron chi connectivity index (χ1n) is 9.58. The van der Waals surface area contributed by atoms with Gasteiger partial charge in [-0.2, -0.15) is 0 Å². The van der Waals surface area contributed by atoms with Gasteiger partial charge in [-0.05, 0) is 43.3 Å². The lowest BCUT2D eigenvalue weighted by atomic mass is 10.2. The summed E-state index contributed by atoms with van der Waals surface area (Å²) in [6.07, 6.45) is 1.79. The fourth-order valence-electron chi connectivity index (χ4n) is 3.40. The average Bonchev–Trinajstić information content (AvgIpc) is 2.76. The van der Waals surface area contributed by atoms with Gasteiger partial charge in [0.05, 0.1) is 11.9 Å². The predicted octanol–water partition coefficient (Wildman–Crippen LogP) is 3.97. The lowest BCUT2D eigenvalue weighted by molar-refractivity contribution is 0.102. The first-order chi connectivity index (χ1) is 13.7. The van der Waals surface area contributed by atoms with E-state index in [2.05, 4.69) is 44.4 Å². The molecule has 5 heteroatoms. The molecule has 0 aliphatic carbocycles. The maximum atomic E-state index is 12.4. The van der Waals surface area contributed by atoms with Gasteiger partial charge in [-0.25, -0.2) is 4.98 Å². The van der Waals surface area contributed by atoms with E-state index in [1.165, 1.54) is 5.69 Å². The molecule has 1 aliphatic heterocycles. The first kappa shape index (κ1) is 18.0. The fraction of sp³-hybridized carbons (Fsp3) is 0.217. The average molecular weight is 372 g/mol. The van der Waals surface area contributed by atoms with Gasteiger partial charge < -0.3 is 15.1 Å².